The zero-order chi connectivity index (χ0) is 55.3. The van der Waals surface area contributed by atoms with Crippen LogP contribution in [0, 0.1) is 0 Å². The van der Waals surface area contributed by atoms with Crippen molar-refractivity contribution in [2.45, 2.75) is 134 Å². The molecule has 8 aromatic carbocycles. The molecule has 8 aromatic rings. The van der Waals surface area contributed by atoms with Gasteiger partial charge in [0.25, 0.3) is 0 Å². The van der Waals surface area contributed by atoms with Crippen molar-refractivity contribution in [3.05, 3.63) is 290 Å². The second-order valence-corrected chi connectivity index (χ2v) is 24.3. The van der Waals surface area contributed by atoms with Gasteiger partial charge in [0.05, 0.1) is 21.5 Å². The number of benzene rings is 8. The van der Waals surface area contributed by atoms with Crippen LogP contribution < -0.4 is 0 Å². The van der Waals surface area contributed by atoms with E-state index in [1.165, 1.54) is 44.5 Å². The first-order valence-electron chi connectivity index (χ1n) is 28.1. The van der Waals surface area contributed by atoms with Crippen molar-refractivity contribution in [1.29, 1.82) is 0 Å². The molecule has 0 saturated heterocycles. The average molecular weight is 1190 g/mol. The Labute approximate surface area is 507 Å². The van der Waals surface area contributed by atoms with Gasteiger partial charge in [-0.3, -0.25) is 0 Å². The van der Waals surface area contributed by atoms with Gasteiger partial charge >= 0.3 is 0 Å². The molecule has 0 aromatic heterocycles. The third kappa shape index (κ3) is 18.5. The quantitative estimate of drug-likeness (QED) is 0.0394. The van der Waals surface area contributed by atoms with Gasteiger partial charge in [0.2, 0.25) is 0 Å². The van der Waals surface area contributed by atoms with Crippen molar-refractivity contribution in [3.63, 3.8) is 0 Å². The molecule has 0 N–H and O–H groups in total. The van der Waals surface area contributed by atoms with E-state index < -0.39 is 0 Å². The monoisotopic (exact) mass is 1180 g/mol. The van der Waals surface area contributed by atoms with Gasteiger partial charge in [0.1, 0.15) is 0 Å². The summed E-state index contributed by atoms with van der Waals surface area (Å²) in [5.41, 5.74) is 18.3. The lowest BCUT2D eigenvalue weighted by Crippen LogP contribution is -2.11. The molecular formula is C72H73Cl7. The predicted octanol–water partition coefficient (Wildman–Crippen LogP) is 23.1. The second kappa shape index (κ2) is 31.7. The van der Waals surface area contributed by atoms with E-state index in [2.05, 4.69) is 201 Å². The summed E-state index contributed by atoms with van der Waals surface area (Å²) < 4.78 is 0. The van der Waals surface area contributed by atoms with Gasteiger partial charge in [0.15, 0.2) is 0 Å². The molecular weight excluding hydrogens is 1110 g/mol. The molecule has 0 bridgehead atoms. The average Bonchev–Trinajstić information content (AvgIpc) is 3.52. The molecule has 8 rings (SSSR count). The van der Waals surface area contributed by atoms with Crippen LogP contribution in [0.3, 0.4) is 0 Å². The molecule has 0 aliphatic heterocycles. The molecule has 0 aliphatic rings. The van der Waals surface area contributed by atoms with E-state index in [1.807, 2.05) is 12.1 Å². The molecule has 410 valence electrons. The van der Waals surface area contributed by atoms with Gasteiger partial charge in [-0.05, 0) is 178 Å². The van der Waals surface area contributed by atoms with Gasteiger partial charge in [-0.25, -0.2) is 0 Å². The highest BCUT2D eigenvalue weighted by Crippen LogP contribution is 2.42. The fourth-order valence-corrected chi connectivity index (χ4v) is 12.6. The van der Waals surface area contributed by atoms with E-state index in [-0.39, 0.29) is 33.3 Å². The van der Waals surface area contributed by atoms with Crippen LogP contribution in [0.5, 0.6) is 0 Å². The molecule has 0 heterocycles. The van der Waals surface area contributed by atoms with E-state index in [1.54, 1.807) is 0 Å². The van der Waals surface area contributed by atoms with Crippen molar-refractivity contribution in [2.24, 2.45) is 0 Å². The fourth-order valence-electron chi connectivity index (χ4n) is 10.9. The second-order valence-electron chi connectivity index (χ2n) is 21.4. The molecule has 0 fully saturated rings. The highest BCUT2D eigenvalue weighted by molar-refractivity contribution is 6.22. The summed E-state index contributed by atoms with van der Waals surface area (Å²) in [5, 5.41) is -0.339. The zero-order valence-corrected chi connectivity index (χ0v) is 50.4. The highest BCUT2D eigenvalue weighted by atomic mass is 35.5. The van der Waals surface area contributed by atoms with Gasteiger partial charge in [-0.15, -0.1) is 81.2 Å². The third-order valence-electron chi connectivity index (χ3n) is 16.0. The van der Waals surface area contributed by atoms with Crippen LogP contribution in [-0.4, -0.2) is 0 Å². The molecule has 0 saturated carbocycles. The lowest BCUT2D eigenvalue weighted by molar-refractivity contribution is 0.478. The summed E-state index contributed by atoms with van der Waals surface area (Å²) in [5.74, 6) is 2.30. The zero-order valence-electron chi connectivity index (χ0n) is 45.1. The Bertz CT molecular complexity index is 3010. The van der Waals surface area contributed by atoms with Gasteiger partial charge in [0, 0.05) is 17.6 Å². The molecule has 0 aliphatic carbocycles. The minimum Gasteiger partial charge on any atom is -0.122 e. The van der Waals surface area contributed by atoms with E-state index in [0.717, 1.165) is 116 Å². The van der Waals surface area contributed by atoms with Crippen LogP contribution in [0.25, 0.3) is 6.08 Å². The normalized spacial score (nSPS) is 14.2. The van der Waals surface area contributed by atoms with Crippen LogP contribution in [-0.2, 0) is 43.3 Å². The summed E-state index contributed by atoms with van der Waals surface area (Å²) in [4.78, 5) is 0. The van der Waals surface area contributed by atoms with Gasteiger partial charge < -0.3 is 0 Å². The van der Waals surface area contributed by atoms with Crippen LogP contribution in [0.4, 0.5) is 0 Å². The minimum atomic E-state index is -0.168. The van der Waals surface area contributed by atoms with E-state index in [9.17, 15) is 0 Å². The van der Waals surface area contributed by atoms with Crippen LogP contribution in [0.15, 0.2) is 207 Å². The topological polar surface area (TPSA) is 0 Å². The first-order valence-corrected chi connectivity index (χ1v) is 31.5. The Kier molecular flexibility index (Phi) is 24.3. The molecule has 7 atom stereocenters. The number of halogens is 7. The van der Waals surface area contributed by atoms with E-state index in [4.69, 9.17) is 81.2 Å². The van der Waals surface area contributed by atoms with E-state index >= 15 is 0 Å². The number of alkyl halides is 7. The molecule has 7 heteroatoms. The molecule has 0 nitrogen and oxygen atoms in total. The van der Waals surface area contributed by atoms with Crippen LogP contribution >= 0.6 is 81.2 Å². The lowest BCUT2D eigenvalue weighted by atomic mass is 9.79. The van der Waals surface area contributed by atoms with Crippen LogP contribution in [0.1, 0.15) is 174 Å². The Morgan fingerprint density at radius 1 is 0.278 bits per heavy atom. The molecule has 7 unspecified atom stereocenters. The summed E-state index contributed by atoms with van der Waals surface area (Å²) in [6.45, 7) is 3.99. The van der Waals surface area contributed by atoms with Crippen molar-refractivity contribution < 1.29 is 0 Å². The Hall–Kier alpha value is -4.47. The Balaban J connectivity index is 1.01. The first-order chi connectivity index (χ1) is 38.6. The minimum absolute atomic E-state index is 0.0145. The van der Waals surface area contributed by atoms with Crippen molar-refractivity contribution in [3.8, 4) is 0 Å². The maximum Gasteiger partial charge on any atom is 0.0591 e. The summed E-state index contributed by atoms with van der Waals surface area (Å²) in [6.07, 6.45) is 13.0. The molecule has 0 amide bonds. The standard InChI is InChI=1S/C72H73Cl7/c1-2-51-8-10-52(11-9-51)19-41-67(46-68(47-72(79)66-39-24-58(50-75)25-40-66)62-33-17-55(18-34-62)27-44-70(77)64-35-20-56(48-73)21-36-64)61-31-15-53(16-32-61)12-30-60(42-45-71(78)65-37-22-57(49-74)23-38-65)59-28-13-54(14-29-59)26-43-69(76)63-6-4-3-5-7-63/h2-11,13-18,20-25,28-29,31-40,60,67-72H,1,12,19,26-27,30,41-50H2. The smallest absolute Gasteiger partial charge is 0.0591 e. The predicted molar refractivity (Wildman–Crippen MR) is 345 cm³/mol. The molecule has 0 radical (unpaired) electrons. The molecule has 79 heavy (non-hydrogen) atoms. The number of aryl methyl sites for hydroxylation is 4. The highest BCUT2D eigenvalue weighted by Gasteiger charge is 2.25. The third-order valence-corrected chi connectivity index (χ3v) is 18.7. The Morgan fingerprint density at radius 2 is 0.595 bits per heavy atom. The van der Waals surface area contributed by atoms with Crippen molar-refractivity contribution in [1.82, 2.24) is 0 Å². The number of rotatable bonds is 30. The van der Waals surface area contributed by atoms with Gasteiger partial charge in [-0.1, -0.05) is 213 Å². The largest absolute Gasteiger partial charge is 0.122 e. The van der Waals surface area contributed by atoms with Crippen LogP contribution in [0.2, 0.25) is 0 Å². The maximum atomic E-state index is 7.45. The fraction of sp³-hybridized carbons (Fsp3) is 0.306. The van der Waals surface area contributed by atoms with Crippen molar-refractivity contribution in [2.75, 3.05) is 0 Å². The Morgan fingerprint density at radius 3 is 1.01 bits per heavy atom. The van der Waals surface area contributed by atoms with E-state index in [0.29, 0.717) is 23.6 Å². The molecule has 0 spiro atoms. The SMILES string of the molecule is C=Cc1ccc(CCC(CC(CC(Cl)c2ccc(CCl)cc2)c2ccc(CCC(Cl)c3ccc(CCl)cc3)cc2)c2ccc(CCC(CCC(Cl)c3ccc(CCl)cc3)c3ccc(CCC(Cl)c4ccccc4)cc3)cc2)cc1. The summed E-state index contributed by atoms with van der Waals surface area (Å²) in [6, 6.07) is 72.6. The lowest BCUT2D eigenvalue weighted by Gasteiger charge is -2.27. The number of hydrogen-bond donors (Lipinski definition) is 0. The van der Waals surface area contributed by atoms with Gasteiger partial charge in [-0.2, -0.15) is 0 Å². The maximum absolute atomic E-state index is 7.45. The van der Waals surface area contributed by atoms with Crippen molar-refractivity contribution >= 4 is 87.3 Å². The first kappa shape index (κ1) is 60.6. The summed E-state index contributed by atoms with van der Waals surface area (Å²) in [7, 11) is 0. The number of hydrogen-bond acceptors (Lipinski definition) is 0. The summed E-state index contributed by atoms with van der Waals surface area (Å²) >= 11 is 46.8.